The normalized spacial score (nSPS) is 20.5. The van der Waals surface area contributed by atoms with Gasteiger partial charge in [0.2, 0.25) is 15.9 Å². The van der Waals surface area contributed by atoms with Crippen LogP contribution in [0.15, 0.2) is 41.3 Å². The molecule has 0 atom stereocenters. The van der Waals surface area contributed by atoms with Crippen LogP contribution in [0.4, 0.5) is 5.69 Å². The molecule has 2 heterocycles. The molecule has 5 rings (SSSR count). The highest BCUT2D eigenvalue weighted by molar-refractivity contribution is 7.89. The summed E-state index contributed by atoms with van der Waals surface area (Å²) in [4.78, 5) is 15.9. The monoisotopic (exact) mass is 438 g/mol. The Morgan fingerprint density at radius 1 is 0.903 bits per heavy atom. The molecular formula is C25H30N2O3S. The number of piperidine rings is 1. The van der Waals surface area contributed by atoms with Crippen molar-refractivity contribution in [3.05, 3.63) is 58.7 Å². The molecule has 6 heteroatoms. The molecule has 2 aliphatic heterocycles. The number of hydrogen-bond acceptors (Lipinski definition) is 3. The van der Waals surface area contributed by atoms with Gasteiger partial charge in [0, 0.05) is 25.3 Å². The fourth-order valence-electron chi connectivity index (χ4n) is 5.26. The lowest BCUT2D eigenvalue weighted by molar-refractivity contribution is -0.120. The molecule has 5 nitrogen and oxygen atoms in total. The highest BCUT2D eigenvalue weighted by Gasteiger charge is 2.54. The minimum Gasteiger partial charge on any atom is -0.311 e. The summed E-state index contributed by atoms with van der Waals surface area (Å²) in [6.45, 7) is 5.97. The first kappa shape index (κ1) is 20.7. The van der Waals surface area contributed by atoms with Crippen LogP contribution in [0.3, 0.4) is 0 Å². The zero-order valence-corrected chi connectivity index (χ0v) is 19.2. The summed E-state index contributed by atoms with van der Waals surface area (Å²) in [6.07, 6.45) is 5.40. The SMILES string of the molecule is Cc1cc(C)cc(C2(C(=O)N3CCc4cc(S(=O)(=O)N5CCCCC5)ccc43)CC2)c1. The molecule has 31 heavy (non-hydrogen) atoms. The van der Waals surface area contributed by atoms with E-state index < -0.39 is 15.4 Å². The summed E-state index contributed by atoms with van der Waals surface area (Å²) in [6, 6.07) is 11.7. The van der Waals surface area contributed by atoms with E-state index in [-0.39, 0.29) is 5.91 Å². The third-order valence-electron chi connectivity index (χ3n) is 7.08. The second kappa shape index (κ2) is 7.45. The second-order valence-electron chi connectivity index (χ2n) is 9.42. The number of carbonyl (C=O) groups excluding carboxylic acids is 1. The van der Waals surface area contributed by atoms with E-state index in [0.29, 0.717) is 31.0 Å². The lowest BCUT2D eigenvalue weighted by Gasteiger charge is -2.27. The Bertz CT molecular complexity index is 1130. The molecule has 0 aromatic heterocycles. The van der Waals surface area contributed by atoms with E-state index in [9.17, 15) is 13.2 Å². The Labute approximate surface area is 185 Å². The molecule has 2 aromatic carbocycles. The zero-order chi connectivity index (χ0) is 21.8. The summed E-state index contributed by atoms with van der Waals surface area (Å²) >= 11 is 0. The van der Waals surface area contributed by atoms with Crippen LogP contribution in [-0.4, -0.2) is 38.3 Å². The van der Waals surface area contributed by atoms with Gasteiger partial charge >= 0.3 is 0 Å². The third kappa shape index (κ3) is 3.50. The van der Waals surface area contributed by atoms with Gasteiger partial charge in [-0.05, 0) is 75.3 Å². The molecule has 0 N–H and O–H groups in total. The van der Waals surface area contributed by atoms with Crippen molar-refractivity contribution in [3.8, 4) is 0 Å². The van der Waals surface area contributed by atoms with Crippen molar-refractivity contribution in [3.63, 3.8) is 0 Å². The van der Waals surface area contributed by atoms with Gasteiger partial charge in [0.15, 0.2) is 0 Å². The number of rotatable bonds is 4. The van der Waals surface area contributed by atoms with Crippen molar-refractivity contribution in [2.24, 2.45) is 0 Å². The smallest absolute Gasteiger partial charge is 0.243 e. The van der Waals surface area contributed by atoms with Crippen molar-refractivity contribution >= 4 is 21.6 Å². The van der Waals surface area contributed by atoms with Crippen LogP contribution >= 0.6 is 0 Å². The van der Waals surface area contributed by atoms with Crippen LogP contribution in [-0.2, 0) is 26.7 Å². The molecule has 3 aliphatic rings. The van der Waals surface area contributed by atoms with Gasteiger partial charge in [-0.25, -0.2) is 8.42 Å². The number of hydrogen-bond donors (Lipinski definition) is 0. The van der Waals surface area contributed by atoms with Crippen molar-refractivity contribution in [1.82, 2.24) is 4.31 Å². The average molecular weight is 439 g/mol. The number of amides is 1. The molecule has 1 amide bonds. The molecular weight excluding hydrogens is 408 g/mol. The number of carbonyl (C=O) groups is 1. The average Bonchev–Trinajstić information content (AvgIpc) is 3.46. The van der Waals surface area contributed by atoms with Crippen LogP contribution < -0.4 is 4.90 Å². The van der Waals surface area contributed by atoms with Crippen molar-refractivity contribution in [1.29, 1.82) is 0 Å². The van der Waals surface area contributed by atoms with Gasteiger partial charge in [0.05, 0.1) is 10.3 Å². The van der Waals surface area contributed by atoms with Gasteiger partial charge in [0.25, 0.3) is 0 Å². The standard InChI is InChI=1S/C25H30N2O3S/c1-18-14-19(2)16-21(15-18)25(9-10-25)24(28)27-13-8-20-17-22(6-7-23(20)27)31(29,30)26-11-4-3-5-12-26/h6-7,14-17H,3-5,8-13H2,1-2H3. The highest BCUT2D eigenvalue weighted by Crippen LogP contribution is 2.51. The molecule has 2 fully saturated rings. The minimum atomic E-state index is -3.46. The lowest BCUT2D eigenvalue weighted by atomic mass is 9.91. The Morgan fingerprint density at radius 2 is 1.58 bits per heavy atom. The van der Waals surface area contributed by atoms with E-state index in [0.717, 1.165) is 48.9 Å². The first-order valence-corrected chi connectivity index (χ1v) is 12.8. The summed E-state index contributed by atoms with van der Waals surface area (Å²) in [5.74, 6) is 0.155. The van der Waals surface area contributed by atoms with E-state index in [4.69, 9.17) is 0 Å². The number of anilines is 1. The number of benzene rings is 2. The molecule has 1 saturated heterocycles. The fourth-order valence-corrected chi connectivity index (χ4v) is 6.83. The lowest BCUT2D eigenvalue weighted by Crippen LogP contribution is -2.38. The number of aryl methyl sites for hydroxylation is 2. The quantitative estimate of drug-likeness (QED) is 0.722. The predicted molar refractivity (Wildman–Crippen MR) is 122 cm³/mol. The topological polar surface area (TPSA) is 57.7 Å². The minimum absolute atomic E-state index is 0.155. The summed E-state index contributed by atoms with van der Waals surface area (Å²) in [5.41, 5.74) is 4.90. The van der Waals surface area contributed by atoms with Gasteiger partial charge in [-0.15, -0.1) is 0 Å². The summed E-state index contributed by atoms with van der Waals surface area (Å²) in [5, 5.41) is 0. The molecule has 1 saturated carbocycles. The molecule has 0 bridgehead atoms. The Balaban J connectivity index is 1.43. The number of nitrogens with zero attached hydrogens (tertiary/aromatic N) is 2. The maximum absolute atomic E-state index is 13.6. The van der Waals surface area contributed by atoms with Gasteiger partial charge in [-0.1, -0.05) is 35.7 Å². The third-order valence-corrected chi connectivity index (χ3v) is 8.97. The van der Waals surface area contributed by atoms with Crippen molar-refractivity contribution < 1.29 is 13.2 Å². The molecule has 0 spiro atoms. The largest absolute Gasteiger partial charge is 0.311 e. The van der Waals surface area contributed by atoms with Gasteiger partial charge in [-0.2, -0.15) is 4.31 Å². The Morgan fingerprint density at radius 3 is 2.23 bits per heavy atom. The molecule has 164 valence electrons. The maximum Gasteiger partial charge on any atom is 0.243 e. The van der Waals surface area contributed by atoms with E-state index in [1.165, 1.54) is 11.1 Å². The van der Waals surface area contributed by atoms with Crippen LogP contribution in [0.2, 0.25) is 0 Å². The van der Waals surface area contributed by atoms with Gasteiger partial charge < -0.3 is 4.90 Å². The maximum atomic E-state index is 13.6. The highest BCUT2D eigenvalue weighted by atomic mass is 32.2. The van der Waals surface area contributed by atoms with E-state index in [2.05, 4.69) is 32.0 Å². The first-order valence-electron chi connectivity index (χ1n) is 11.4. The van der Waals surface area contributed by atoms with E-state index in [1.54, 1.807) is 16.4 Å². The van der Waals surface area contributed by atoms with Gasteiger partial charge in [-0.3, -0.25) is 4.79 Å². The molecule has 1 aliphatic carbocycles. The van der Waals surface area contributed by atoms with E-state index in [1.807, 2.05) is 11.0 Å². The molecule has 0 radical (unpaired) electrons. The molecule has 2 aromatic rings. The summed E-state index contributed by atoms with van der Waals surface area (Å²) < 4.78 is 27.7. The molecule has 0 unspecified atom stereocenters. The van der Waals surface area contributed by atoms with Gasteiger partial charge in [0.1, 0.15) is 0 Å². The Hall–Kier alpha value is -2.18. The van der Waals surface area contributed by atoms with Crippen LogP contribution in [0.25, 0.3) is 0 Å². The zero-order valence-electron chi connectivity index (χ0n) is 18.4. The first-order chi connectivity index (χ1) is 14.8. The van der Waals surface area contributed by atoms with Crippen LogP contribution in [0.5, 0.6) is 0 Å². The number of fused-ring (bicyclic) bond motifs is 1. The van der Waals surface area contributed by atoms with Crippen LogP contribution in [0, 0.1) is 13.8 Å². The van der Waals surface area contributed by atoms with Crippen molar-refractivity contribution in [2.75, 3.05) is 24.5 Å². The second-order valence-corrected chi connectivity index (χ2v) is 11.4. The van der Waals surface area contributed by atoms with Crippen LogP contribution in [0.1, 0.15) is 54.4 Å². The van der Waals surface area contributed by atoms with E-state index >= 15 is 0 Å². The number of sulfonamides is 1. The summed E-state index contributed by atoms with van der Waals surface area (Å²) in [7, 11) is -3.46. The van der Waals surface area contributed by atoms with Crippen molar-refractivity contribution in [2.45, 2.75) is 62.7 Å². The Kier molecular flexibility index (Phi) is 4.98. The predicted octanol–water partition coefficient (Wildman–Crippen LogP) is 4.10. The fraction of sp³-hybridized carbons (Fsp3) is 0.480.